The van der Waals surface area contributed by atoms with E-state index in [4.69, 9.17) is 4.74 Å². The third kappa shape index (κ3) is 2.55. The topological polar surface area (TPSA) is 78.5 Å². The first-order valence-corrected chi connectivity index (χ1v) is 7.39. The van der Waals surface area contributed by atoms with E-state index in [9.17, 15) is 19.1 Å². The van der Waals surface area contributed by atoms with Gasteiger partial charge in [0.1, 0.15) is 5.82 Å². The Kier molecular flexibility index (Phi) is 3.71. The van der Waals surface area contributed by atoms with Gasteiger partial charge in [-0.25, -0.2) is 4.39 Å². The molecule has 2 aliphatic rings. The fourth-order valence-corrected chi connectivity index (χ4v) is 3.45. The van der Waals surface area contributed by atoms with Crippen LogP contribution < -0.4 is 10.4 Å². The van der Waals surface area contributed by atoms with E-state index < -0.39 is 41.7 Å². The number of hydrogen-bond acceptors (Lipinski definition) is 4. The van der Waals surface area contributed by atoms with Crippen molar-refractivity contribution in [1.29, 1.82) is 0 Å². The van der Waals surface area contributed by atoms with Crippen LogP contribution in [0.3, 0.4) is 0 Å². The van der Waals surface area contributed by atoms with E-state index in [1.54, 1.807) is 6.07 Å². The molecule has 4 atom stereocenters. The Morgan fingerprint density at radius 1 is 1.29 bits per heavy atom. The summed E-state index contributed by atoms with van der Waals surface area (Å²) in [6, 6.07) is 4.23. The molecule has 1 amide bonds. The number of ether oxygens (including phenoxy) is 1. The second-order valence-electron chi connectivity index (χ2n) is 5.27. The monoisotopic (exact) mass is 356 g/mol. The predicted molar refractivity (Wildman–Crippen MR) is 72.6 cm³/mol. The number of amides is 1. The van der Waals surface area contributed by atoms with Gasteiger partial charge in [-0.3, -0.25) is 4.79 Å². The Balaban J connectivity index is 1.80. The first kappa shape index (κ1) is 14.5. The molecular formula is C14H12BrFNO4-. The molecule has 3 rings (SSSR count). The molecule has 1 aromatic rings. The van der Waals surface area contributed by atoms with Gasteiger partial charge in [-0.2, -0.15) is 0 Å². The van der Waals surface area contributed by atoms with Crippen LogP contribution in [0.15, 0.2) is 22.7 Å². The zero-order valence-electron chi connectivity index (χ0n) is 10.8. The summed E-state index contributed by atoms with van der Waals surface area (Å²) in [5, 5.41) is 13.7. The van der Waals surface area contributed by atoms with Gasteiger partial charge in [0.05, 0.1) is 23.8 Å². The van der Waals surface area contributed by atoms with E-state index in [0.29, 0.717) is 17.3 Å². The zero-order valence-corrected chi connectivity index (χ0v) is 12.4. The van der Waals surface area contributed by atoms with Gasteiger partial charge < -0.3 is 20.0 Å². The van der Waals surface area contributed by atoms with Gasteiger partial charge in [-0.05, 0) is 31.0 Å². The molecule has 0 radical (unpaired) electrons. The van der Waals surface area contributed by atoms with E-state index in [0.717, 1.165) is 0 Å². The Bertz CT molecular complexity index is 609. The lowest BCUT2D eigenvalue weighted by Crippen LogP contribution is -2.46. The van der Waals surface area contributed by atoms with Crippen molar-refractivity contribution in [3.8, 4) is 0 Å². The predicted octanol–water partition coefficient (Wildman–Crippen LogP) is 1.07. The summed E-state index contributed by atoms with van der Waals surface area (Å²) >= 11 is 3.13. The van der Waals surface area contributed by atoms with Crippen LogP contribution in [0, 0.1) is 17.7 Å². The van der Waals surface area contributed by atoms with E-state index in [1.807, 2.05) is 0 Å². The molecule has 0 aliphatic carbocycles. The summed E-state index contributed by atoms with van der Waals surface area (Å²) in [5.74, 6) is -4.23. The molecule has 2 fully saturated rings. The number of hydrogen-bond donors (Lipinski definition) is 1. The van der Waals surface area contributed by atoms with Crippen molar-refractivity contribution in [3.05, 3.63) is 28.5 Å². The normalized spacial score (nSPS) is 30.4. The van der Waals surface area contributed by atoms with Crippen LogP contribution in [-0.2, 0) is 14.3 Å². The largest absolute Gasteiger partial charge is 0.550 e. The minimum atomic E-state index is -1.29. The van der Waals surface area contributed by atoms with Crippen LogP contribution in [0.25, 0.3) is 0 Å². The van der Waals surface area contributed by atoms with Crippen LogP contribution in [0.4, 0.5) is 10.1 Å². The van der Waals surface area contributed by atoms with Crippen molar-refractivity contribution in [3.63, 3.8) is 0 Å². The van der Waals surface area contributed by atoms with Crippen molar-refractivity contribution < 1.29 is 23.8 Å². The highest BCUT2D eigenvalue weighted by Gasteiger charge is 2.52. The fraction of sp³-hybridized carbons (Fsp3) is 0.429. The lowest BCUT2D eigenvalue weighted by atomic mass is 9.78. The number of nitrogens with one attached hydrogen (secondary N) is 1. The summed E-state index contributed by atoms with van der Waals surface area (Å²) in [6.45, 7) is 0. The standard InChI is InChI=1S/C14H13BrFNO4/c15-6-1-2-8(7(16)5-6)17-13(18)11-9-3-4-10(21-9)12(11)14(19)20/h1-2,5,9-12H,3-4H2,(H,17,18)(H,19,20)/p-1/t9-,10+,11+,12+/m1/s1. The number of carboxylic acids is 1. The molecule has 1 aromatic carbocycles. The molecule has 21 heavy (non-hydrogen) atoms. The van der Waals surface area contributed by atoms with Crippen LogP contribution in [0.5, 0.6) is 0 Å². The smallest absolute Gasteiger partial charge is 0.230 e. The first-order valence-electron chi connectivity index (χ1n) is 6.59. The molecule has 0 unspecified atom stereocenters. The quantitative estimate of drug-likeness (QED) is 0.878. The molecule has 112 valence electrons. The van der Waals surface area contributed by atoms with Crippen molar-refractivity contribution in [2.45, 2.75) is 25.0 Å². The highest BCUT2D eigenvalue weighted by atomic mass is 79.9. The van der Waals surface area contributed by atoms with Crippen LogP contribution in [0.2, 0.25) is 0 Å². The molecule has 0 aromatic heterocycles. The molecule has 2 heterocycles. The van der Waals surface area contributed by atoms with E-state index >= 15 is 0 Å². The SMILES string of the molecule is O=C([O-])[C@@H]1[C@@H](C(=O)Nc2ccc(Br)cc2F)[C@H]2CC[C@@H]1O2. The van der Waals surface area contributed by atoms with Gasteiger partial charge in [0.15, 0.2) is 0 Å². The van der Waals surface area contributed by atoms with E-state index in [-0.39, 0.29) is 5.69 Å². The number of anilines is 1. The van der Waals surface area contributed by atoms with Gasteiger partial charge in [0.25, 0.3) is 0 Å². The highest BCUT2D eigenvalue weighted by Crippen LogP contribution is 2.43. The average Bonchev–Trinajstić information content (AvgIpc) is 3.02. The third-order valence-electron chi connectivity index (χ3n) is 4.04. The molecule has 7 heteroatoms. The number of fused-ring (bicyclic) bond motifs is 2. The molecule has 1 N–H and O–H groups in total. The Hall–Kier alpha value is -1.47. The van der Waals surface area contributed by atoms with Crippen molar-refractivity contribution in [1.82, 2.24) is 0 Å². The number of carboxylic acid groups (broad SMARTS) is 1. The lowest BCUT2D eigenvalue weighted by Gasteiger charge is -2.27. The molecule has 2 bridgehead atoms. The van der Waals surface area contributed by atoms with Crippen molar-refractivity contribution in [2.24, 2.45) is 11.8 Å². The highest BCUT2D eigenvalue weighted by molar-refractivity contribution is 9.10. The Morgan fingerprint density at radius 2 is 1.95 bits per heavy atom. The molecular weight excluding hydrogens is 345 g/mol. The number of carbonyl (C=O) groups excluding carboxylic acids is 2. The number of carbonyl (C=O) groups is 2. The number of halogens is 2. The van der Waals surface area contributed by atoms with E-state index in [1.165, 1.54) is 12.1 Å². The Labute approximate surface area is 128 Å². The maximum absolute atomic E-state index is 13.7. The molecule has 5 nitrogen and oxygen atoms in total. The summed E-state index contributed by atoms with van der Waals surface area (Å²) in [5.41, 5.74) is 0.0167. The van der Waals surface area contributed by atoms with Crippen LogP contribution >= 0.6 is 15.9 Å². The first-order chi connectivity index (χ1) is 9.97. The van der Waals surface area contributed by atoms with Gasteiger partial charge in [0, 0.05) is 16.4 Å². The van der Waals surface area contributed by atoms with Crippen LogP contribution in [0.1, 0.15) is 12.8 Å². The fourth-order valence-electron chi connectivity index (χ4n) is 3.12. The molecule has 0 spiro atoms. The van der Waals surface area contributed by atoms with Crippen molar-refractivity contribution in [2.75, 3.05) is 5.32 Å². The maximum atomic E-state index is 13.7. The van der Waals surface area contributed by atoms with Gasteiger partial charge in [-0.1, -0.05) is 15.9 Å². The third-order valence-corrected chi connectivity index (χ3v) is 4.53. The number of rotatable bonds is 3. The average molecular weight is 357 g/mol. The molecule has 0 saturated carbocycles. The lowest BCUT2D eigenvalue weighted by molar-refractivity contribution is -0.313. The summed E-state index contributed by atoms with van der Waals surface area (Å²) in [4.78, 5) is 23.5. The number of benzene rings is 1. The summed E-state index contributed by atoms with van der Waals surface area (Å²) in [6.07, 6.45) is 0.330. The number of aliphatic carboxylic acids is 1. The van der Waals surface area contributed by atoms with Crippen molar-refractivity contribution >= 4 is 33.5 Å². The van der Waals surface area contributed by atoms with E-state index in [2.05, 4.69) is 21.2 Å². The second-order valence-corrected chi connectivity index (χ2v) is 6.19. The molecule has 2 saturated heterocycles. The van der Waals surface area contributed by atoms with Crippen LogP contribution in [-0.4, -0.2) is 24.1 Å². The minimum Gasteiger partial charge on any atom is -0.550 e. The summed E-state index contributed by atoms with van der Waals surface area (Å²) < 4.78 is 19.8. The summed E-state index contributed by atoms with van der Waals surface area (Å²) in [7, 11) is 0. The zero-order chi connectivity index (χ0) is 15.1. The second kappa shape index (κ2) is 5.38. The Morgan fingerprint density at radius 3 is 2.57 bits per heavy atom. The van der Waals surface area contributed by atoms with Gasteiger partial charge in [-0.15, -0.1) is 0 Å². The van der Waals surface area contributed by atoms with Gasteiger partial charge >= 0.3 is 0 Å². The molecule has 2 aliphatic heterocycles. The van der Waals surface area contributed by atoms with Gasteiger partial charge in [0.2, 0.25) is 5.91 Å². The minimum absolute atomic E-state index is 0.0167. The maximum Gasteiger partial charge on any atom is 0.230 e.